The van der Waals surface area contributed by atoms with E-state index in [0.717, 1.165) is 12.1 Å². The normalized spacial score (nSPS) is 13.2. The summed E-state index contributed by atoms with van der Waals surface area (Å²) in [6.45, 7) is -0.610. The summed E-state index contributed by atoms with van der Waals surface area (Å²) in [6.07, 6.45) is 1.23. The van der Waals surface area contributed by atoms with Gasteiger partial charge in [0.05, 0.1) is 30.0 Å². The lowest BCUT2D eigenvalue weighted by Gasteiger charge is -2.34. The molecule has 0 saturated heterocycles. The number of amides is 3. The zero-order chi connectivity index (χ0) is 24.6. The Balaban J connectivity index is 1.60. The van der Waals surface area contributed by atoms with E-state index in [2.05, 4.69) is 10.3 Å². The van der Waals surface area contributed by atoms with Crippen molar-refractivity contribution in [3.8, 4) is 0 Å². The highest BCUT2D eigenvalue weighted by atomic mass is 19.2. The average Bonchev–Trinajstić information content (AvgIpc) is 2.75. The second kappa shape index (κ2) is 9.08. The fourth-order valence-corrected chi connectivity index (χ4v) is 3.61. The summed E-state index contributed by atoms with van der Waals surface area (Å²) in [7, 11) is 1.53. The molecule has 0 bridgehead atoms. The number of urea groups is 1. The average molecular weight is 476 g/mol. The minimum absolute atomic E-state index is 0.0190. The molecule has 4 rings (SSSR count). The summed E-state index contributed by atoms with van der Waals surface area (Å²) in [4.78, 5) is 32.2. The van der Waals surface area contributed by atoms with E-state index in [1.165, 1.54) is 29.1 Å². The number of pyridine rings is 1. The summed E-state index contributed by atoms with van der Waals surface area (Å²) >= 11 is 0. The molecule has 0 saturated carbocycles. The molecule has 2 aromatic carbocycles. The van der Waals surface area contributed by atoms with E-state index < -0.39 is 53.1 Å². The van der Waals surface area contributed by atoms with Gasteiger partial charge in [0, 0.05) is 43.6 Å². The molecule has 0 unspecified atom stereocenters. The molecule has 176 valence electrons. The second-order valence-corrected chi connectivity index (χ2v) is 7.72. The zero-order valence-corrected chi connectivity index (χ0v) is 17.7. The molecule has 3 amide bonds. The van der Waals surface area contributed by atoms with Crippen molar-refractivity contribution in [1.82, 2.24) is 15.2 Å². The quantitative estimate of drug-likeness (QED) is 0.560. The monoisotopic (exact) mass is 476 g/mol. The number of carbonyl (C=O) groups excluding carboxylic acids is 2. The first-order valence-electron chi connectivity index (χ1n) is 10.0. The van der Waals surface area contributed by atoms with Gasteiger partial charge < -0.3 is 10.2 Å². The van der Waals surface area contributed by atoms with Gasteiger partial charge in [-0.1, -0.05) is 0 Å². The smallest absolute Gasteiger partial charge is 0.324 e. The van der Waals surface area contributed by atoms with Crippen LogP contribution in [-0.4, -0.2) is 28.9 Å². The lowest BCUT2D eigenvalue weighted by molar-refractivity contribution is 0.0949. The van der Waals surface area contributed by atoms with Crippen LogP contribution in [0.4, 0.5) is 32.4 Å². The topological polar surface area (TPSA) is 65.5 Å². The number of halogens is 5. The molecule has 0 radical (unpaired) electrons. The van der Waals surface area contributed by atoms with Gasteiger partial charge in [-0.2, -0.15) is 0 Å². The van der Waals surface area contributed by atoms with Crippen LogP contribution in [0.3, 0.4) is 0 Å². The molecular weight excluding hydrogens is 459 g/mol. The van der Waals surface area contributed by atoms with Crippen molar-refractivity contribution in [3.05, 3.63) is 94.1 Å². The number of fused-ring (bicyclic) bond motifs is 1. The van der Waals surface area contributed by atoms with Gasteiger partial charge in [-0.15, -0.1) is 0 Å². The zero-order valence-electron chi connectivity index (χ0n) is 17.7. The van der Waals surface area contributed by atoms with Gasteiger partial charge in [-0.25, -0.2) is 26.7 Å². The Morgan fingerprint density at radius 2 is 1.59 bits per heavy atom. The first-order valence-corrected chi connectivity index (χ1v) is 10.0. The van der Waals surface area contributed by atoms with E-state index in [9.17, 15) is 31.5 Å². The van der Waals surface area contributed by atoms with Gasteiger partial charge >= 0.3 is 6.03 Å². The molecule has 1 aliphatic heterocycles. The Morgan fingerprint density at radius 1 is 0.971 bits per heavy atom. The summed E-state index contributed by atoms with van der Waals surface area (Å²) in [5.74, 6) is -5.75. The van der Waals surface area contributed by atoms with Crippen LogP contribution in [0, 0.1) is 29.1 Å². The van der Waals surface area contributed by atoms with Crippen molar-refractivity contribution in [2.24, 2.45) is 0 Å². The third-order valence-corrected chi connectivity index (χ3v) is 5.24. The minimum atomic E-state index is -1.15. The molecule has 0 fully saturated rings. The van der Waals surface area contributed by atoms with Gasteiger partial charge in [-0.05, 0) is 23.8 Å². The van der Waals surface area contributed by atoms with E-state index in [0.29, 0.717) is 23.9 Å². The number of aromatic nitrogens is 1. The Kier molecular flexibility index (Phi) is 6.18. The summed E-state index contributed by atoms with van der Waals surface area (Å²) in [5, 5.41) is 2.33. The Bertz CT molecular complexity index is 1260. The third kappa shape index (κ3) is 4.68. The molecule has 11 heteroatoms. The summed E-state index contributed by atoms with van der Waals surface area (Å²) in [6, 6.07) is 4.75. The molecule has 1 aliphatic rings. The summed E-state index contributed by atoms with van der Waals surface area (Å²) < 4.78 is 68.0. The van der Waals surface area contributed by atoms with Gasteiger partial charge in [-0.3, -0.25) is 14.7 Å². The maximum atomic E-state index is 13.8. The number of anilines is 1. The molecule has 1 N–H and O–H groups in total. The number of benzene rings is 2. The molecule has 6 nitrogen and oxygen atoms in total. The Labute approximate surface area is 190 Å². The van der Waals surface area contributed by atoms with Crippen LogP contribution in [0.2, 0.25) is 0 Å². The van der Waals surface area contributed by atoms with Crippen LogP contribution in [0.25, 0.3) is 0 Å². The first-order chi connectivity index (χ1) is 16.1. The highest BCUT2D eigenvalue weighted by Crippen LogP contribution is 2.29. The largest absolute Gasteiger partial charge is 0.348 e. The van der Waals surface area contributed by atoms with Crippen LogP contribution in [0.15, 0.2) is 42.6 Å². The molecule has 3 aromatic rings. The maximum Gasteiger partial charge on any atom is 0.324 e. The molecule has 34 heavy (non-hydrogen) atoms. The van der Waals surface area contributed by atoms with Crippen molar-refractivity contribution in [2.75, 3.05) is 11.9 Å². The van der Waals surface area contributed by atoms with E-state index in [4.69, 9.17) is 0 Å². The lowest BCUT2D eigenvalue weighted by atomic mass is 10.1. The molecule has 0 atom stereocenters. The SMILES string of the molecule is CN1Cc2ncc(C(=O)NCc3c(F)cc(F)cc3F)cc2N(Cc2cc(F)cc(F)c2)C1=O. The van der Waals surface area contributed by atoms with Gasteiger partial charge in [0.1, 0.15) is 29.1 Å². The Morgan fingerprint density at radius 3 is 2.24 bits per heavy atom. The fraction of sp³-hybridized carbons (Fsp3) is 0.174. The second-order valence-electron chi connectivity index (χ2n) is 7.72. The third-order valence-electron chi connectivity index (χ3n) is 5.24. The predicted octanol–water partition coefficient (Wildman–Crippen LogP) is 4.28. The summed E-state index contributed by atoms with van der Waals surface area (Å²) in [5.41, 5.74) is 0.330. The van der Waals surface area contributed by atoms with Gasteiger partial charge in [0.15, 0.2) is 0 Å². The number of hydrogen-bond acceptors (Lipinski definition) is 3. The minimum Gasteiger partial charge on any atom is -0.348 e. The van der Waals surface area contributed by atoms with Crippen LogP contribution in [-0.2, 0) is 19.6 Å². The van der Waals surface area contributed by atoms with Crippen molar-refractivity contribution in [3.63, 3.8) is 0 Å². The predicted molar refractivity (Wildman–Crippen MR) is 111 cm³/mol. The van der Waals surface area contributed by atoms with Crippen LogP contribution in [0.5, 0.6) is 0 Å². The van der Waals surface area contributed by atoms with Crippen molar-refractivity contribution < 1.29 is 31.5 Å². The standard InChI is InChI=1S/C23H17F5N4O2/c1-31-11-20-21(32(23(31)34)10-12-2-14(24)5-15(25)3-12)4-13(8-29-20)22(33)30-9-17-18(27)6-16(26)7-19(17)28/h2-8H,9-11H2,1H3,(H,30,33). The van der Waals surface area contributed by atoms with Crippen LogP contribution < -0.4 is 10.2 Å². The molecule has 0 aliphatic carbocycles. The van der Waals surface area contributed by atoms with Crippen molar-refractivity contribution in [2.45, 2.75) is 19.6 Å². The molecular formula is C23H17F5N4O2. The number of nitrogens with zero attached hydrogens (tertiary/aromatic N) is 3. The maximum absolute atomic E-state index is 13.8. The highest BCUT2D eigenvalue weighted by molar-refractivity contribution is 5.98. The van der Waals surface area contributed by atoms with Crippen molar-refractivity contribution >= 4 is 17.6 Å². The first kappa shape index (κ1) is 23.1. The van der Waals surface area contributed by atoms with E-state index in [1.54, 1.807) is 0 Å². The molecule has 0 spiro atoms. The Hall–Kier alpha value is -4.02. The van der Waals surface area contributed by atoms with Crippen molar-refractivity contribution in [1.29, 1.82) is 0 Å². The van der Waals surface area contributed by atoms with E-state index >= 15 is 0 Å². The van der Waals surface area contributed by atoms with E-state index in [1.807, 2.05) is 0 Å². The van der Waals surface area contributed by atoms with Crippen LogP contribution >= 0.6 is 0 Å². The van der Waals surface area contributed by atoms with Gasteiger partial charge in [0.25, 0.3) is 5.91 Å². The number of nitrogens with one attached hydrogen (secondary N) is 1. The number of hydrogen-bond donors (Lipinski definition) is 1. The lowest BCUT2D eigenvalue weighted by Crippen LogP contribution is -2.45. The number of rotatable bonds is 5. The van der Waals surface area contributed by atoms with E-state index in [-0.39, 0.29) is 29.9 Å². The molecule has 1 aromatic heterocycles. The highest BCUT2D eigenvalue weighted by Gasteiger charge is 2.30. The fourth-order valence-electron chi connectivity index (χ4n) is 3.61. The van der Waals surface area contributed by atoms with Gasteiger partial charge in [0.2, 0.25) is 0 Å². The number of carbonyl (C=O) groups is 2. The molecule has 2 heterocycles. The van der Waals surface area contributed by atoms with Crippen LogP contribution in [0.1, 0.15) is 27.2 Å².